The molecule has 2 aliphatic heterocycles. The van der Waals surface area contributed by atoms with Crippen LogP contribution >= 0.6 is 24.4 Å². The van der Waals surface area contributed by atoms with Crippen LogP contribution in [0.5, 0.6) is 0 Å². The fourth-order valence-corrected chi connectivity index (χ4v) is 5.92. The third kappa shape index (κ3) is 4.99. The molecule has 14 heteroatoms. The topological polar surface area (TPSA) is 116 Å². The number of benzene rings is 3. The molecule has 3 aromatic carbocycles. The Morgan fingerprint density at radius 2 is 0.955 bits per heavy atom. The van der Waals surface area contributed by atoms with Crippen molar-refractivity contribution in [3.8, 4) is 22.5 Å². The molecule has 0 fully saturated rings. The number of aromatic nitrogens is 4. The number of nitrogens with one attached hydrogen (secondary N) is 2. The van der Waals surface area contributed by atoms with Gasteiger partial charge in [-0.15, -0.1) is 10.2 Å². The highest BCUT2D eigenvalue weighted by atomic mass is 32.1. The summed E-state index contributed by atoms with van der Waals surface area (Å²) in [5, 5.41) is 20.8. The molecular weight excluding hydrogens is 593 g/mol. The lowest BCUT2D eigenvalue weighted by Gasteiger charge is -2.29. The molecule has 0 aliphatic carbocycles. The minimum Gasteiger partial charge on any atom is -0.224 e. The fraction of sp³-hybridized carbons (Fsp3) is 0.133. The lowest BCUT2D eigenvalue weighted by molar-refractivity contribution is 0.470. The molecule has 0 radical (unpaired) electrons. The van der Waals surface area contributed by atoms with Crippen molar-refractivity contribution in [1.29, 1.82) is 0 Å². The third-order valence-corrected chi connectivity index (χ3v) is 7.78. The Hall–Kier alpha value is -5.34. The van der Waals surface area contributed by atoms with E-state index >= 15 is 0 Å². The Morgan fingerprint density at radius 3 is 1.34 bits per heavy atom. The Labute approximate surface area is 262 Å². The molecule has 218 valence electrons. The van der Waals surface area contributed by atoms with Crippen molar-refractivity contribution in [3.63, 3.8) is 0 Å². The summed E-state index contributed by atoms with van der Waals surface area (Å²) in [5.74, 6) is 0. The molecule has 2 N–H and O–H groups in total. The Balaban J connectivity index is 1.22. The van der Waals surface area contributed by atoms with Gasteiger partial charge in [-0.3, -0.25) is 0 Å². The van der Waals surface area contributed by atoms with Crippen LogP contribution in [0, 0.1) is 23.4 Å². The molecule has 0 saturated carbocycles. The highest BCUT2D eigenvalue weighted by Gasteiger charge is 2.31. The number of hydrogen-bond acceptors (Lipinski definition) is 12. The summed E-state index contributed by atoms with van der Waals surface area (Å²) < 4.78 is 4.42. The second-order valence-corrected chi connectivity index (χ2v) is 11.0. The lowest BCUT2D eigenvalue weighted by Crippen LogP contribution is -2.44. The number of hydrogen-bond donors (Lipinski definition) is 2. The molecule has 2 atom stereocenters. The van der Waals surface area contributed by atoms with Crippen molar-refractivity contribution in [1.82, 2.24) is 30.4 Å². The first kappa shape index (κ1) is 27.5. The summed E-state index contributed by atoms with van der Waals surface area (Å²) in [6, 6.07) is 32.0. The number of hydrazine groups is 2. The molecule has 12 nitrogen and oxygen atoms in total. The van der Waals surface area contributed by atoms with E-state index in [-0.39, 0.29) is 0 Å². The zero-order valence-corrected chi connectivity index (χ0v) is 25.3. The monoisotopic (exact) mass is 618 g/mol. The quantitative estimate of drug-likeness (QED) is 0.206. The average Bonchev–Trinajstić information content (AvgIpc) is 3.72. The van der Waals surface area contributed by atoms with Gasteiger partial charge in [-0.05, 0) is 50.4 Å². The van der Waals surface area contributed by atoms with Crippen molar-refractivity contribution in [2.24, 2.45) is 20.7 Å². The van der Waals surface area contributed by atoms with E-state index < -0.39 is 12.3 Å². The van der Waals surface area contributed by atoms with Crippen molar-refractivity contribution < 1.29 is 0 Å². The van der Waals surface area contributed by atoms with Crippen LogP contribution in [0.4, 0.5) is 0 Å². The van der Waals surface area contributed by atoms with Gasteiger partial charge in [0.1, 0.15) is 0 Å². The van der Waals surface area contributed by atoms with Crippen molar-refractivity contribution in [2.45, 2.75) is 26.2 Å². The van der Waals surface area contributed by atoms with Gasteiger partial charge in [0.05, 0.1) is 11.4 Å². The molecule has 4 heterocycles. The van der Waals surface area contributed by atoms with Crippen LogP contribution in [0.1, 0.15) is 34.8 Å². The van der Waals surface area contributed by atoms with E-state index in [1.807, 2.05) is 120 Å². The summed E-state index contributed by atoms with van der Waals surface area (Å²) in [7, 11) is 0. The SMILES string of the molecule is Cc1cc(-c2ccccc2)n(N2NN=NC2c2ccc(C3N=NNN3n3c(-c4ccccc4)cc(C)nc3=S)cc2)c(=S)n1. The first-order valence-electron chi connectivity index (χ1n) is 13.8. The minimum atomic E-state index is -0.498. The molecule has 0 saturated heterocycles. The standard InChI is InChI=1S/C30H26N12S2/c1-19-17-25(21-9-5-3-6-10-21)39(29(43)31-19)41-27(33-35-37-41)23-13-15-24(16-14-23)28-34-36-38-42(28)40-26(18-20(2)32-30(40)44)22-11-7-4-8-12-22/h3-18,27-28H,1-2H3,(H,33,37)(H,34,38). The number of nitrogens with zero attached hydrogens (tertiary/aromatic N) is 10. The molecule has 0 spiro atoms. The van der Waals surface area contributed by atoms with Crippen molar-refractivity contribution in [3.05, 3.63) is 129 Å². The predicted molar refractivity (Wildman–Crippen MR) is 171 cm³/mol. The number of rotatable bonds is 6. The van der Waals surface area contributed by atoms with E-state index in [1.54, 1.807) is 10.2 Å². The van der Waals surface area contributed by atoms with E-state index in [0.29, 0.717) is 9.54 Å². The van der Waals surface area contributed by atoms with E-state index in [4.69, 9.17) is 24.4 Å². The van der Waals surface area contributed by atoms with E-state index in [9.17, 15) is 0 Å². The number of aryl methyl sites for hydroxylation is 2. The van der Waals surface area contributed by atoms with Crippen LogP contribution in [-0.4, -0.2) is 19.3 Å². The van der Waals surface area contributed by atoms with Gasteiger partial charge in [0.15, 0.2) is 0 Å². The first-order valence-corrected chi connectivity index (χ1v) is 14.6. The molecule has 2 aromatic heterocycles. The van der Waals surface area contributed by atoms with Crippen molar-refractivity contribution >= 4 is 24.4 Å². The van der Waals surface area contributed by atoms with Crippen LogP contribution in [0.25, 0.3) is 22.5 Å². The van der Waals surface area contributed by atoms with Gasteiger partial charge in [-0.1, -0.05) is 95.4 Å². The molecular formula is C30H26N12S2. The van der Waals surface area contributed by atoms with E-state index in [0.717, 1.165) is 45.0 Å². The minimum absolute atomic E-state index is 0.385. The molecule has 5 aromatic rings. The predicted octanol–water partition coefficient (Wildman–Crippen LogP) is 6.53. The van der Waals surface area contributed by atoms with Crippen LogP contribution in [0.15, 0.2) is 118 Å². The van der Waals surface area contributed by atoms with Gasteiger partial charge in [0.25, 0.3) is 0 Å². The molecule has 0 bridgehead atoms. The molecule has 7 rings (SSSR count). The maximum absolute atomic E-state index is 5.72. The Morgan fingerprint density at radius 1 is 0.568 bits per heavy atom. The average molecular weight is 619 g/mol. The van der Waals surface area contributed by atoms with Crippen LogP contribution < -0.4 is 21.3 Å². The summed E-state index contributed by atoms with van der Waals surface area (Å²) in [5.41, 5.74) is 13.1. The molecule has 0 amide bonds. The molecule has 2 aliphatic rings. The van der Waals surface area contributed by atoms with E-state index in [2.05, 4.69) is 41.7 Å². The second-order valence-electron chi connectivity index (χ2n) is 10.2. The van der Waals surface area contributed by atoms with Crippen LogP contribution in [0.3, 0.4) is 0 Å². The van der Waals surface area contributed by atoms with Gasteiger partial charge in [-0.2, -0.15) is 21.3 Å². The maximum atomic E-state index is 5.72. The van der Waals surface area contributed by atoms with Gasteiger partial charge < -0.3 is 0 Å². The second kappa shape index (κ2) is 11.4. The van der Waals surface area contributed by atoms with Crippen molar-refractivity contribution in [2.75, 3.05) is 10.2 Å². The third-order valence-electron chi connectivity index (χ3n) is 7.25. The largest absolute Gasteiger partial charge is 0.224 e. The zero-order valence-electron chi connectivity index (χ0n) is 23.7. The molecule has 2 unspecified atom stereocenters. The molecule has 44 heavy (non-hydrogen) atoms. The van der Waals surface area contributed by atoms with E-state index in [1.165, 1.54) is 0 Å². The summed E-state index contributed by atoms with van der Waals surface area (Å²) in [4.78, 5) is 9.08. The normalized spacial score (nSPS) is 17.1. The fourth-order valence-electron chi connectivity index (χ4n) is 5.25. The van der Waals surface area contributed by atoms with Gasteiger partial charge in [0, 0.05) is 33.6 Å². The smallest absolute Gasteiger partial charge is 0.220 e. The highest BCUT2D eigenvalue weighted by molar-refractivity contribution is 7.71. The summed E-state index contributed by atoms with van der Waals surface area (Å²) >= 11 is 11.4. The highest BCUT2D eigenvalue weighted by Crippen LogP contribution is 2.32. The summed E-state index contributed by atoms with van der Waals surface area (Å²) in [6.07, 6.45) is -0.997. The van der Waals surface area contributed by atoms with Gasteiger partial charge in [-0.25, -0.2) is 19.3 Å². The first-order chi connectivity index (χ1) is 21.5. The Bertz CT molecular complexity index is 1860. The van der Waals surface area contributed by atoms with Gasteiger partial charge >= 0.3 is 0 Å². The van der Waals surface area contributed by atoms with Gasteiger partial charge in [0.2, 0.25) is 21.9 Å². The van der Waals surface area contributed by atoms with Crippen LogP contribution in [0.2, 0.25) is 0 Å². The summed E-state index contributed by atoms with van der Waals surface area (Å²) in [6.45, 7) is 3.85. The lowest BCUT2D eigenvalue weighted by atomic mass is 10.1. The van der Waals surface area contributed by atoms with Crippen LogP contribution in [-0.2, 0) is 0 Å². The maximum Gasteiger partial charge on any atom is 0.220 e. The zero-order chi connectivity index (χ0) is 30.2. The Kier molecular flexibility index (Phi) is 7.12.